The van der Waals surface area contributed by atoms with Gasteiger partial charge < -0.3 is 10.3 Å². The smallest absolute Gasteiger partial charge is 0.140 e. The molecule has 0 spiro atoms. The van der Waals surface area contributed by atoms with Gasteiger partial charge in [-0.2, -0.15) is 0 Å². The van der Waals surface area contributed by atoms with Gasteiger partial charge in [0.05, 0.1) is 6.54 Å². The second-order valence-electron chi connectivity index (χ2n) is 4.34. The first-order valence-corrected chi connectivity index (χ1v) is 6.10. The van der Waals surface area contributed by atoms with Crippen LogP contribution >= 0.6 is 0 Å². The number of nitrogens with zero attached hydrogens (tertiary/aromatic N) is 3. The Kier molecular flexibility index (Phi) is 2.98. The Balaban J connectivity index is 1.91. The molecule has 0 atom stereocenters. The van der Waals surface area contributed by atoms with Crippen LogP contribution in [-0.2, 0) is 6.54 Å². The molecule has 0 fully saturated rings. The Bertz CT molecular complexity index is 656. The van der Waals surface area contributed by atoms with Crippen LogP contribution in [0.1, 0.15) is 5.56 Å². The Morgan fingerprint density at radius 3 is 2.58 bits per heavy atom. The molecule has 3 aromatic rings. The van der Waals surface area contributed by atoms with Crippen LogP contribution in [0.25, 0.3) is 11.4 Å². The summed E-state index contributed by atoms with van der Waals surface area (Å²) in [4.78, 5) is 8.52. The Morgan fingerprint density at radius 2 is 1.84 bits per heavy atom. The molecule has 94 valence electrons. The van der Waals surface area contributed by atoms with E-state index >= 15 is 0 Å². The van der Waals surface area contributed by atoms with E-state index in [1.165, 1.54) is 0 Å². The first-order chi connectivity index (χ1) is 9.33. The number of benzene rings is 1. The van der Waals surface area contributed by atoms with Gasteiger partial charge in [0, 0.05) is 24.2 Å². The molecule has 2 N–H and O–H groups in total. The van der Waals surface area contributed by atoms with Crippen LogP contribution in [-0.4, -0.2) is 14.5 Å². The van der Waals surface area contributed by atoms with Crippen molar-refractivity contribution in [1.29, 1.82) is 0 Å². The number of imidazole rings is 1. The highest BCUT2D eigenvalue weighted by atomic mass is 15.1. The lowest BCUT2D eigenvalue weighted by Crippen LogP contribution is -2.02. The van der Waals surface area contributed by atoms with Crippen molar-refractivity contribution in [2.45, 2.75) is 6.54 Å². The number of rotatable bonds is 3. The maximum absolute atomic E-state index is 5.59. The molecule has 2 aromatic heterocycles. The van der Waals surface area contributed by atoms with Crippen LogP contribution in [0.5, 0.6) is 0 Å². The molecule has 0 aliphatic rings. The van der Waals surface area contributed by atoms with Gasteiger partial charge in [-0.15, -0.1) is 0 Å². The summed E-state index contributed by atoms with van der Waals surface area (Å²) in [6, 6.07) is 13.9. The molecule has 2 heterocycles. The van der Waals surface area contributed by atoms with Gasteiger partial charge in [0.2, 0.25) is 0 Å². The van der Waals surface area contributed by atoms with Crippen molar-refractivity contribution in [3.8, 4) is 11.4 Å². The average molecular weight is 250 g/mol. The fraction of sp³-hybridized carbons (Fsp3) is 0.0667. The highest BCUT2D eigenvalue weighted by Gasteiger charge is 2.05. The molecular formula is C15H14N4. The van der Waals surface area contributed by atoms with Crippen LogP contribution < -0.4 is 5.73 Å². The molecule has 4 heteroatoms. The normalized spacial score (nSPS) is 10.5. The molecule has 0 bridgehead atoms. The minimum Gasteiger partial charge on any atom is -0.384 e. The summed E-state index contributed by atoms with van der Waals surface area (Å²) in [7, 11) is 0. The molecule has 0 saturated carbocycles. The zero-order valence-electron chi connectivity index (χ0n) is 10.4. The van der Waals surface area contributed by atoms with Crippen LogP contribution in [0.4, 0.5) is 5.82 Å². The lowest BCUT2D eigenvalue weighted by Gasteiger charge is -2.08. The van der Waals surface area contributed by atoms with Crippen molar-refractivity contribution >= 4 is 5.82 Å². The van der Waals surface area contributed by atoms with E-state index in [0.717, 1.165) is 23.5 Å². The van der Waals surface area contributed by atoms with E-state index in [-0.39, 0.29) is 0 Å². The second-order valence-corrected chi connectivity index (χ2v) is 4.34. The summed E-state index contributed by atoms with van der Waals surface area (Å²) in [5.74, 6) is 1.50. The van der Waals surface area contributed by atoms with Gasteiger partial charge in [0.25, 0.3) is 0 Å². The van der Waals surface area contributed by atoms with Crippen LogP contribution in [0.2, 0.25) is 0 Å². The second kappa shape index (κ2) is 4.94. The molecule has 0 saturated heterocycles. The van der Waals surface area contributed by atoms with E-state index < -0.39 is 0 Å². The zero-order chi connectivity index (χ0) is 13.1. The van der Waals surface area contributed by atoms with Crippen LogP contribution in [0.3, 0.4) is 0 Å². The highest BCUT2D eigenvalue weighted by molar-refractivity contribution is 5.55. The molecule has 1 aromatic carbocycles. The molecule has 3 rings (SSSR count). The Labute approximate surface area is 111 Å². The lowest BCUT2D eigenvalue weighted by atomic mass is 10.2. The number of pyridine rings is 1. The molecule has 0 amide bonds. The maximum Gasteiger partial charge on any atom is 0.140 e. The molecule has 0 aliphatic heterocycles. The summed E-state index contributed by atoms with van der Waals surface area (Å²) in [6.45, 7) is 0.734. The predicted octanol–water partition coefficient (Wildman–Crippen LogP) is 2.58. The third kappa shape index (κ3) is 2.47. The average Bonchev–Trinajstić information content (AvgIpc) is 2.90. The maximum atomic E-state index is 5.59. The molecule has 0 unspecified atom stereocenters. The fourth-order valence-corrected chi connectivity index (χ4v) is 2.01. The van der Waals surface area contributed by atoms with Crippen LogP contribution in [0.15, 0.2) is 61.1 Å². The zero-order valence-corrected chi connectivity index (χ0v) is 10.4. The number of nitrogen functional groups attached to an aromatic ring is 1. The number of hydrogen-bond acceptors (Lipinski definition) is 3. The SMILES string of the molecule is Nc1ccc(Cn2ccnc2-c2ccccc2)cn1. The van der Waals surface area contributed by atoms with Crippen molar-refractivity contribution < 1.29 is 0 Å². The van der Waals surface area contributed by atoms with E-state index in [9.17, 15) is 0 Å². The molecule has 4 nitrogen and oxygen atoms in total. The summed E-state index contributed by atoms with van der Waals surface area (Å²) < 4.78 is 2.10. The van der Waals surface area contributed by atoms with Crippen molar-refractivity contribution in [2.24, 2.45) is 0 Å². The van der Waals surface area contributed by atoms with Gasteiger partial charge >= 0.3 is 0 Å². The Morgan fingerprint density at radius 1 is 1.00 bits per heavy atom. The van der Waals surface area contributed by atoms with Gasteiger partial charge in [-0.05, 0) is 11.6 Å². The van der Waals surface area contributed by atoms with E-state index in [2.05, 4.69) is 26.7 Å². The fourth-order valence-electron chi connectivity index (χ4n) is 2.01. The number of aromatic nitrogens is 3. The monoisotopic (exact) mass is 250 g/mol. The van der Waals surface area contributed by atoms with Crippen molar-refractivity contribution in [3.63, 3.8) is 0 Å². The topological polar surface area (TPSA) is 56.7 Å². The quantitative estimate of drug-likeness (QED) is 0.777. The number of anilines is 1. The number of nitrogens with two attached hydrogens (primary N) is 1. The molecule has 0 radical (unpaired) electrons. The largest absolute Gasteiger partial charge is 0.384 e. The first kappa shape index (κ1) is 11.5. The predicted molar refractivity (Wildman–Crippen MR) is 75.4 cm³/mol. The first-order valence-electron chi connectivity index (χ1n) is 6.10. The summed E-state index contributed by atoms with van der Waals surface area (Å²) in [5, 5.41) is 0. The Hall–Kier alpha value is -2.62. The van der Waals surface area contributed by atoms with Gasteiger partial charge in [-0.3, -0.25) is 0 Å². The van der Waals surface area contributed by atoms with E-state index in [1.807, 2.05) is 42.7 Å². The third-order valence-corrected chi connectivity index (χ3v) is 2.95. The van der Waals surface area contributed by atoms with Crippen molar-refractivity contribution in [2.75, 3.05) is 5.73 Å². The lowest BCUT2D eigenvalue weighted by molar-refractivity contribution is 0.803. The van der Waals surface area contributed by atoms with E-state index in [1.54, 1.807) is 6.20 Å². The van der Waals surface area contributed by atoms with Gasteiger partial charge in [0.1, 0.15) is 11.6 Å². The van der Waals surface area contributed by atoms with Crippen LogP contribution in [0, 0.1) is 0 Å². The van der Waals surface area contributed by atoms with Gasteiger partial charge in [0.15, 0.2) is 0 Å². The van der Waals surface area contributed by atoms with E-state index in [0.29, 0.717) is 5.82 Å². The minimum absolute atomic E-state index is 0.540. The molecule has 0 aliphatic carbocycles. The molecule has 19 heavy (non-hydrogen) atoms. The summed E-state index contributed by atoms with van der Waals surface area (Å²) in [6.07, 6.45) is 5.58. The summed E-state index contributed by atoms with van der Waals surface area (Å²) >= 11 is 0. The number of hydrogen-bond donors (Lipinski definition) is 1. The third-order valence-electron chi connectivity index (χ3n) is 2.95. The van der Waals surface area contributed by atoms with Crippen molar-refractivity contribution in [3.05, 3.63) is 66.6 Å². The standard InChI is InChI=1S/C15H14N4/c16-14-7-6-12(10-18-14)11-19-9-8-17-15(19)13-4-2-1-3-5-13/h1-10H,11H2,(H2,16,18). The molecular weight excluding hydrogens is 236 g/mol. The van der Waals surface area contributed by atoms with Gasteiger partial charge in [-0.1, -0.05) is 36.4 Å². The summed E-state index contributed by atoms with van der Waals surface area (Å²) in [5.41, 5.74) is 7.80. The highest BCUT2D eigenvalue weighted by Crippen LogP contribution is 2.18. The minimum atomic E-state index is 0.540. The van der Waals surface area contributed by atoms with Crippen molar-refractivity contribution in [1.82, 2.24) is 14.5 Å². The van der Waals surface area contributed by atoms with Gasteiger partial charge in [-0.25, -0.2) is 9.97 Å². The van der Waals surface area contributed by atoms with E-state index in [4.69, 9.17) is 5.73 Å².